The molecule has 5 aliphatic heterocycles. The third kappa shape index (κ3) is 11.0. The van der Waals surface area contributed by atoms with Crippen molar-refractivity contribution < 1.29 is 43.2 Å². The number of piperidine rings is 2. The number of aliphatic hydroxyl groups is 1. The first-order valence-electron chi connectivity index (χ1n) is 29.3. The van der Waals surface area contributed by atoms with E-state index in [4.69, 9.17) is 9.51 Å². The molecule has 23 nitrogen and oxygen atoms in total. The van der Waals surface area contributed by atoms with Crippen LogP contribution < -0.4 is 40.7 Å². The smallest absolute Gasteiger partial charge is 0.392 e. The maximum atomic E-state index is 14.1. The lowest BCUT2D eigenvalue weighted by atomic mass is 9.90. The average molecular weight is 1190 g/mol. The van der Waals surface area contributed by atoms with E-state index in [2.05, 4.69) is 74.1 Å². The van der Waals surface area contributed by atoms with Crippen molar-refractivity contribution in [1.82, 2.24) is 29.0 Å². The number of amides is 4. The van der Waals surface area contributed by atoms with Gasteiger partial charge >= 0.3 is 7.82 Å². The molecule has 4 aromatic heterocycles. The predicted octanol–water partition coefficient (Wildman–Crippen LogP) is 7.02. The minimum atomic E-state index is -4.65. The lowest BCUT2D eigenvalue weighted by molar-refractivity contribution is -0.111. The summed E-state index contributed by atoms with van der Waals surface area (Å²) in [7, 11) is -3.03. The van der Waals surface area contributed by atoms with Gasteiger partial charge in [-0.15, -0.1) is 0 Å². The summed E-state index contributed by atoms with van der Waals surface area (Å²) in [5, 5.41) is 17.1. The molecule has 1 aliphatic carbocycles. The molecule has 9 heterocycles. The number of anilines is 8. The monoisotopic (exact) mass is 1190 g/mol. The molecule has 3 saturated heterocycles. The zero-order valence-corrected chi connectivity index (χ0v) is 50.1. The first-order valence-corrected chi connectivity index (χ1v) is 30.8. The van der Waals surface area contributed by atoms with Gasteiger partial charge in [0.1, 0.15) is 17.3 Å². The molecule has 0 radical (unpaired) electrons. The number of nitrogens with zero attached hydrogens (tertiary/aromatic N) is 11. The maximum Gasteiger partial charge on any atom is 0.470 e. The van der Waals surface area contributed by atoms with Gasteiger partial charge < -0.3 is 49.4 Å². The largest absolute Gasteiger partial charge is 0.470 e. The van der Waals surface area contributed by atoms with Crippen LogP contribution in [0.1, 0.15) is 108 Å². The molecule has 24 heteroatoms. The Kier molecular flexibility index (Phi) is 15.2. The molecule has 0 bridgehead atoms. The summed E-state index contributed by atoms with van der Waals surface area (Å²) < 4.78 is 20.1. The molecular weight excluding hydrogens is 1120 g/mol. The number of piperazine rings is 1. The van der Waals surface area contributed by atoms with Crippen LogP contribution in [0.5, 0.6) is 0 Å². The number of hydrogen-bond acceptors (Lipinski definition) is 16. The highest BCUT2D eigenvalue weighted by molar-refractivity contribution is 7.46. The number of benzene rings is 2. The number of fused-ring (bicyclic) bond motifs is 4. The van der Waals surface area contributed by atoms with E-state index in [1.165, 1.54) is 28.1 Å². The van der Waals surface area contributed by atoms with Gasteiger partial charge in [0, 0.05) is 118 Å². The third-order valence-electron chi connectivity index (χ3n) is 18.1. The van der Waals surface area contributed by atoms with Crippen molar-refractivity contribution in [1.29, 1.82) is 0 Å². The van der Waals surface area contributed by atoms with Gasteiger partial charge in [-0.3, -0.25) is 38.3 Å². The molecule has 12 rings (SSSR count). The Morgan fingerprint density at radius 3 is 2.31 bits per heavy atom. The number of phosphoric acid groups is 1. The second-order valence-corrected chi connectivity index (χ2v) is 25.9. The molecule has 6 aliphatic rings. The minimum absolute atomic E-state index is 0.0120. The number of phosphoric ester groups is 1. The summed E-state index contributed by atoms with van der Waals surface area (Å²) >= 11 is 0. The topological polar surface area (TPSA) is 264 Å². The van der Waals surface area contributed by atoms with E-state index >= 15 is 0 Å². The van der Waals surface area contributed by atoms with Crippen molar-refractivity contribution in [3.63, 3.8) is 0 Å². The van der Waals surface area contributed by atoms with Crippen LogP contribution in [0.15, 0.2) is 96.7 Å². The van der Waals surface area contributed by atoms with Crippen LogP contribution in [-0.4, -0.2) is 137 Å². The summed E-state index contributed by atoms with van der Waals surface area (Å²) in [5.41, 5.74) is 6.81. The van der Waals surface area contributed by atoms with Gasteiger partial charge in [-0.05, 0) is 137 Å². The van der Waals surface area contributed by atoms with Crippen molar-refractivity contribution in [2.24, 2.45) is 12.5 Å². The number of pyridine rings is 2. The van der Waals surface area contributed by atoms with E-state index in [0.29, 0.717) is 108 Å². The van der Waals surface area contributed by atoms with Crippen molar-refractivity contribution >= 4 is 77.3 Å². The summed E-state index contributed by atoms with van der Waals surface area (Å²) in [6.45, 7) is 18.6. The summed E-state index contributed by atoms with van der Waals surface area (Å²) in [6, 6.07) is 18.6. The number of carbonyl (C=O) groups excluding carboxylic acids is 4. The second-order valence-electron chi connectivity index (χ2n) is 24.7. The highest BCUT2D eigenvalue weighted by Crippen LogP contribution is 2.46. The molecule has 2 aromatic carbocycles. The molecule has 1 unspecified atom stereocenters. The first-order chi connectivity index (χ1) is 41.0. The van der Waals surface area contributed by atoms with Gasteiger partial charge in [-0.1, -0.05) is 20.4 Å². The van der Waals surface area contributed by atoms with Crippen molar-refractivity contribution in [2.45, 2.75) is 110 Å². The van der Waals surface area contributed by atoms with Crippen LogP contribution in [0.25, 0.3) is 11.3 Å². The molecule has 86 heavy (non-hydrogen) atoms. The Morgan fingerprint density at radius 2 is 1.60 bits per heavy atom. The molecule has 0 spiro atoms. The van der Waals surface area contributed by atoms with Gasteiger partial charge in [0.25, 0.3) is 23.3 Å². The average Bonchev–Trinajstić information content (AvgIpc) is 1.61. The Morgan fingerprint density at radius 1 is 0.837 bits per heavy atom. The fourth-order valence-electron chi connectivity index (χ4n) is 13.8. The SMILES string of the molecule is C=CC(=O)Nc1cc(Nc2nc(-c3ccnc(N4CCn5c(cc6c5CC(C)(C)C6)C4=O)c3CO)cn(C)c2=O)ccc1N1CCN(C2CCN(c3ccc4c(c3)C(=O)N(c3ccc(N5CCC(C)(OP(=O)(O)O)CC5)nc3)C4=O)[C@H](C)C2)C[C@@H]1C. The Bertz CT molecular complexity index is 3850. The molecular formula is C62H72N13O10P. The summed E-state index contributed by atoms with van der Waals surface area (Å²) in [4.78, 5) is 113. The number of rotatable bonds is 14. The number of nitrogens with one attached hydrogen (secondary N) is 2. The second kappa shape index (κ2) is 22.3. The number of aromatic nitrogens is 5. The highest BCUT2D eigenvalue weighted by Gasteiger charge is 2.42. The molecule has 450 valence electrons. The van der Waals surface area contributed by atoms with Gasteiger partial charge in [0.15, 0.2) is 5.82 Å². The van der Waals surface area contributed by atoms with E-state index < -0.39 is 43.3 Å². The number of imide groups is 1. The number of hydrogen-bond donors (Lipinski definition) is 5. The minimum Gasteiger partial charge on any atom is -0.392 e. The zero-order chi connectivity index (χ0) is 60.7. The Labute approximate surface area is 498 Å². The van der Waals surface area contributed by atoms with Crippen LogP contribution in [0, 0.1) is 5.41 Å². The van der Waals surface area contributed by atoms with E-state index in [1.54, 1.807) is 61.6 Å². The van der Waals surface area contributed by atoms with Gasteiger partial charge in [0.05, 0.1) is 52.3 Å². The van der Waals surface area contributed by atoms with E-state index in [9.17, 15) is 43.4 Å². The zero-order valence-electron chi connectivity index (χ0n) is 49.2. The fourth-order valence-corrected chi connectivity index (χ4v) is 14.5. The Hall–Kier alpha value is -8.05. The summed E-state index contributed by atoms with van der Waals surface area (Å²) in [6.07, 6.45) is 10.2. The van der Waals surface area contributed by atoms with Crippen LogP contribution in [0.2, 0.25) is 0 Å². The van der Waals surface area contributed by atoms with Gasteiger partial charge in [-0.2, -0.15) is 0 Å². The van der Waals surface area contributed by atoms with Crippen molar-refractivity contribution in [3.05, 3.63) is 136 Å². The molecule has 3 atom stereocenters. The molecule has 0 saturated carbocycles. The normalized spacial score (nSPS) is 21.2. The van der Waals surface area contributed by atoms with Crippen LogP contribution in [0.3, 0.4) is 0 Å². The van der Waals surface area contributed by atoms with Crippen LogP contribution in [0.4, 0.5) is 45.9 Å². The van der Waals surface area contributed by atoms with Crippen LogP contribution >= 0.6 is 7.82 Å². The highest BCUT2D eigenvalue weighted by atomic mass is 31.2. The van der Waals surface area contributed by atoms with E-state index in [1.807, 2.05) is 35.2 Å². The Balaban J connectivity index is 0.695. The summed E-state index contributed by atoms with van der Waals surface area (Å²) in [5.74, 6) is -0.457. The quantitative estimate of drug-likeness (QED) is 0.0417. The third-order valence-corrected chi connectivity index (χ3v) is 18.8. The van der Waals surface area contributed by atoms with Gasteiger partial charge in [0.2, 0.25) is 5.91 Å². The van der Waals surface area contributed by atoms with Crippen molar-refractivity contribution in [3.8, 4) is 11.3 Å². The standard InChI is InChI=1S/C62H72N13O10P/c1-8-54(77)66-48-29-40(65-55-60(81)68(7)35-49(67-55)44-15-19-63-56(47(44)36-76)74-26-25-73-51(59(74)80)28-39-31-61(4,5)32-52(39)73)9-13-50(48)72-24-23-70(34-38(72)3)41-16-20-71(37(2)27-41)42-10-12-45-46(30-42)58(79)75(57(45)78)43-11-14-53(64-33-43)69-21-17-62(6,18-22-69)85-86(82,83)84/h8-15,19,28-30,33,35,37-38,41,76H,1,16-18,20-27,31-32,34,36H2,2-7H3,(H,65,67)(H,66,77)(H2,82,83,84)/t37-,38+,41?/m1/s1. The molecule has 6 aromatic rings. The molecule has 5 N–H and O–H groups in total. The molecule has 3 fully saturated rings. The first kappa shape index (κ1) is 58.3. The lowest BCUT2D eigenvalue weighted by Crippen LogP contribution is -2.58. The number of aliphatic hydroxyl groups excluding tert-OH is 1. The van der Waals surface area contributed by atoms with Crippen LogP contribution in [-0.2, 0) is 46.9 Å². The predicted molar refractivity (Wildman–Crippen MR) is 327 cm³/mol. The van der Waals surface area contributed by atoms with Gasteiger partial charge in [-0.25, -0.2) is 24.4 Å². The van der Waals surface area contributed by atoms with Crippen molar-refractivity contribution in [2.75, 3.05) is 80.9 Å². The number of aryl methyl sites for hydroxylation is 1. The molecule has 4 amide bonds. The van der Waals surface area contributed by atoms with E-state index in [-0.39, 0.29) is 35.3 Å². The maximum absolute atomic E-state index is 14.1. The van der Waals surface area contributed by atoms with E-state index in [0.717, 1.165) is 61.6 Å². The fraction of sp³-hybridized carbons (Fsp3) is 0.419. The lowest BCUT2D eigenvalue weighted by Gasteiger charge is -2.48. The number of carbonyl (C=O) groups is 4.